The van der Waals surface area contributed by atoms with Crippen LogP contribution in [0.25, 0.3) is 0 Å². The summed E-state index contributed by atoms with van der Waals surface area (Å²) in [7, 11) is 0. The van der Waals surface area contributed by atoms with E-state index in [4.69, 9.17) is 16.2 Å². The molecule has 1 heterocycles. The lowest BCUT2D eigenvalue weighted by molar-refractivity contribution is -0.125. The maximum absolute atomic E-state index is 10.8. The van der Waals surface area contributed by atoms with Crippen molar-refractivity contribution in [2.75, 3.05) is 19.7 Å². The van der Waals surface area contributed by atoms with E-state index in [-0.39, 0.29) is 12.7 Å². The third-order valence-corrected chi connectivity index (χ3v) is 2.15. The van der Waals surface area contributed by atoms with Gasteiger partial charge in [-0.15, -0.1) is 0 Å². The van der Waals surface area contributed by atoms with Crippen molar-refractivity contribution in [2.24, 2.45) is 11.5 Å². The van der Waals surface area contributed by atoms with Gasteiger partial charge in [-0.3, -0.25) is 4.79 Å². The highest BCUT2D eigenvalue weighted by Gasteiger charge is 2.22. The second-order valence-corrected chi connectivity index (χ2v) is 3.33. The van der Waals surface area contributed by atoms with Crippen LogP contribution in [0.3, 0.4) is 0 Å². The number of urea groups is 1. The van der Waals surface area contributed by atoms with E-state index in [2.05, 4.69) is 0 Å². The highest BCUT2D eigenvalue weighted by Crippen LogP contribution is 2.12. The SMILES string of the molecule is NC(=O)COC1CCCN(C(N)=O)C1. The second kappa shape index (κ2) is 4.80. The van der Waals surface area contributed by atoms with Gasteiger partial charge < -0.3 is 21.1 Å². The Kier molecular flexibility index (Phi) is 3.70. The molecule has 1 unspecified atom stereocenters. The summed E-state index contributed by atoms with van der Waals surface area (Å²) in [4.78, 5) is 22.8. The largest absolute Gasteiger partial charge is 0.368 e. The van der Waals surface area contributed by atoms with E-state index < -0.39 is 11.9 Å². The quantitative estimate of drug-likeness (QED) is 0.614. The van der Waals surface area contributed by atoms with Gasteiger partial charge in [0.1, 0.15) is 6.61 Å². The van der Waals surface area contributed by atoms with Crippen LogP contribution in [0.15, 0.2) is 0 Å². The molecule has 4 N–H and O–H groups in total. The number of rotatable bonds is 3. The maximum Gasteiger partial charge on any atom is 0.314 e. The molecule has 0 saturated carbocycles. The van der Waals surface area contributed by atoms with Crippen LogP contribution in [0.2, 0.25) is 0 Å². The minimum Gasteiger partial charge on any atom is -0.368 e. The number of hydrogen-bond donors (Lipinski definition) is 2. The van der Waals surface area contributed by atoms with Crippen molar-refractivity contribution in [2.45, 2.75) is 18.9 Å². The van der Waals surface area contributed by atoms with E-state index in [1.165, 1.54) is 4.90 Å². The van der Waals surface area contributed by atoms with Gasteiger partial charge in [-0.2, -0.15) is 0 Å². The minimum atomic E-state index is -0.499. The zero-order chi connectivity index (χ0) is 10.6. The third-order valence-electron chi connectivity index (χ3n) is 2.15. The summed E-state index contributed by atoms with van der Waals surface area (Å²) in [6.45, 7) is 1.01. The van der Waals surface area contributed by atoms with Crippen LogP contribution in [0, 0.1) is 0 Å². The van der Waals surface area contributed by atoms with Crippen molar-refractivity contribution in [1.29, 1.82) is 0 Å². The molecule has 6 nitrogen and oxygen atoms in total. The first-order valence-electron chi connectivity index (χ1n) is 4.54. The number of primary amides is 2. The lowest BCUT2D eigenvalue weighted by atomic mass is 10.1. The Balaban J connectivity index is 2.32. The Hall–Kier alpha value is -1.30. The van der Waals surface area contributed by atoms with E-state index >= 15 is 0 Å². The van der Waals surface area contributed by atoms with Crippen molar-refractivity contribution < 1.29 is 14.3 Å². The van der Waals surface area contributed by atoms with E-state index in [9.17, 15) is 9.59 Å². The number of amides is 3. The number of carbonyl (C=O) groups is 2. The van der Waals surface area contributed by atoms with Crippen LogP contribution in [-0.2, 0) is 9.53 Å². The average molecular weight is 201 g/mol. The van der Waals surface area contributed by atoms with Gasteiger partial charge in [-0.25, -0.2) is 4.79 Å². The van der Waals surface area contributed by atoms with Crippen LogP contribution in [0.5, 0.6) is 0 Å². The third kappa shape index (κ3) is 3.21. The molecule has 14 heavy (non-hydrogen) atoms. The predicted octanol–water partition coefficient (Wildman–Crippen LogP) is -0.969. The normalized spacial score (nSPS) is 22.0. The van der Waals surface area contributed by atoms with E-state index in [0.717, 1.165) is 12.8 Å². The van der Waals surface area contributed by atoms with Crippen molar-refractivity contribution >= 4 is 11.9 Å². The van der Waals surface area contributed by atoms with Crippen molar-refractivity contribution in [1.82, 2.24) is 4.90 Å². The van der Waals surface area contributed by atoms with E-state index in [1.54, 1.807) is 0 Å². The number of nitrogens with zero attached hydrogens (tertiary/aromatic N) is 1. The summed E-state index contributed by atoms with van der Waals surface area (Å²) in [5, 5.41) is 0. The monoisotopic (exact) mass is 201 g/mol. The Morgan fingerprint density at radius 1 is 1.43 bits per heavy atom. The van der Waals surface area contributed by atoms with Crippen LogP contribution in [-0.4, -0.2) is 42.6 Å². The summed E-state index contributed by atoms with van der Waals surface area (Å²) in [5.74, 6) is -0.499. The summed E-state index contributed by atoms with van der Waals surface area (Å²) >= 11 is 0. The van der Waals surface area contributed by atoms with E-state index in [1.807, 2.05) is 0 Å². The number of nitrogens with two attached hydrogens (primary N) is 2. The number of hydrogen-bond acceptors (Lipinski definition) is 3. The van der Waals surface area contributed by atoms with Crippen LogP contribution in [0.1, 0.15) is 12.8 Å². The molecule has 0 aromatic rings. The molecule has 1 atom stereocenters. The summed E-state index contributed by atoms with van der Waals surface area (Å²) < 4.78 is 5.20. The van der Waals surface area contributed by atoms with E-state index in [0.29, 0.717) is 13.1 Å². The number of likely N-dealkylation sites (tertiary alicyclic amines) is 1. The standard InChI is InChI=1S/C8H15N3O3/c9-7(12)5-14-6-2-1-3-11(4-6)8(10)13/h6H,1-5H2,(H2,9,12)(H2,10,13). The molecule has 0 radical (unpaired) electrons. The highest BCUT2D eigenvalue weighted by atomic mass is 16.5. The maximum atomic E-state index is 10.8. The second-order valence-electron chi connectivity index (χ2n) is 3.33. The molecule has 3 amide bonds. The fourth-order valence-corrected chi connectivity index (χ4v) is 1.47. The van der Waals surface area contributed by atoms with Crippen LogP contribution < -0.4 is 11.5 Å². The fourth-order valence-electron chi connectivity index (χ4n) is 1.47. The Morgan fingerprint density at radius 2 is 2.14 bits per heavy atom. The topological polar surface area (TPSA) is 98.7 Å². The molecule has 1 aliphatic heterocycles. The zero-order valence-electron chi connectivity index (χ0n) is 7.94. The molecule has 0 spiro atoms. The molecular weight excluding hydrogens is 186 g/mol. The first kappa shape index (κ1) is 10.8. The molecule has 0 aliphatic carbocycles. The number of carbonyl (C=O) groups excluding carboxylic acids is 2. The Bertz CT molecular complexity index is 232. The Morgan fingerprint density at radius 3 is 2.71 bits per heavy atom. The number of ether oxygens (including phenoxy) is 1. The molecule has 1 saturated heterocycles. The lowest BCUT2D eigenvalue weighted by Gasteiger charge is -2.31. The minimum absolute atomic E-state index is 0.0999. The smallest absolute Gasteiger partial charge is 0.314 e. The van der Waals surface area contributed by atoms with Gasteiger partial charge in [0.05, 0.1) is 6.10 Å². The molecule has 1 aliphatic rings. The van der Waals surface area contributed by atoms with Gasteiger partial charge in [-0.05, 0) is 12.8 Å². The van der Waals surface area contributed by atoms with Gasteiger partial charge in [-0.1, -0.05) is 0 Å². The highest BCUT2D eigenvalue weighted by molar-refractivity contribution is 5.75. The molecule has 1 fully saturated rings. The van der Waals surface area contributed by atoms with Gasteiger partial charge in [0, 0.05) is 13.1 Å². The molecule has 1 rings (SSSR count). The first-order chi connectivity index (χ1) is 6.59. The molecule has 0 bridgehead atoms. The molecule has 0 aromatic carbocycles. The molecular formula is C8H15N3O3. The average Bonchev–Trinajstić information content (AvgIpc) is 2.15. The number of piperidine rings is 1. The van der Waals surface area contributed by atoms with Crippen molar-refractivity contribution in [3.05, 3.63) is 0 Å². The van der Waals surface area contributed by atoms with Gasteiger partial charge in [0.25, 0.3) is 0 Å². The molecule has 6 heteroatoms. The van der Waals surface area contributed by atoms with Crippen LogP contribution >= 0.6 is 0 Å². The zero-order valence-corrected chi connectivity index (χ0v) is 7.94. The van der Waals surface area contributed by atoms with Gasteiger partial charge in [0.2, 0.25) is 5.91 Å². The lowest BCUT2D eigenvalue weighted by Crippen LogP contribution is -2.46. The van der Waals surface area contributed by atoms with Crippen molar-refractivity contribution in [3.63, 3.8) is 0 Å². The fraction of sp³-hybridized carbons (Fsp3) is 0.750. The molecule has 80 valence electrons. The summed E-state index contributed by atoms with van der Waals surface area (Å²) in [6, 6.07) is -0.447. The Labute approximate surface area is 82.2 Å². The van der Waals surface area contributed by atoms with Crippen LogP contribution in [0.4, 0.5) is 4.79 Å². The van der Waals surface area contributed by atoms with Gasteiger partial charge in [0.15, 0.2) is 0 Å². The van der Waals surface area contributed by atoms with Gasteiger partial charge >= 0.3 is 6.03 Å². The predicted molar refractivity (Wildman–Crippen MR) is 49.3 cm³/mol. The summed E-state index contributed by atoms with van der Waals surface area (Å²) in [5.41, 5.74) is 10.1. The molecule has 0 aromatic heterocycles. The first-order valence-corrected chi connectivity index (χ1v) is 4.54. The summed E-state index contributed by atoms with van der Waals surface area (Å²) in [6.07, 6.45) is 1.55. The van der Waals surface area contributed by atoms with Crippen molar-refractivity contribution in [3.8, 4) is 0 Å².